The first-order chi connectivity index (χ1) is 10.9. The van der Waals surface area contributed by atoms with Crippen molar-refractivity contribution in [2.24, 2.45) is 0 Å². The number of fused-ring (bicyclic) bond motifs is 1. The molecule has 23 heavy (non-hydrogen) atoms. The van der Waals surface area contributed by atoms with Gasteiger partial charge in [0.25, 0.3) is 0 Å². The van der Waals surface area contributed by atoms with Crippen molar-refractivity contribution in [1.29, 1.82) is 0 Å². The predicted octanol–water partition coefficient (Wildman–Crippen LogP) is 3.86. The van der Waals surface area contributed by atoms with Crippen LogP contribution in [0.3, 0.4) is 0 Å². The first-order valence-electron chi connectivity index (χ1n) is 7.59. The summed E-state index contributed by atoms with van der Waals surface area (Å²) in [6.07, 6.45) is -0.122. The van der Waals surface area contributed by atoms with E-state index in [1.165, 1.54) is 0 Å². The number of anilines is 1. The van der Waals surface area contributed by atoms with Crippen LogP contribution in [0.4, 0.5) is 5.69 Å². The van der Waals surface area contributed by atoms with Crippen molar-refractivity contribution in [3.05, 3.63) is 40.2 Å². The lowest BCUT2D eigenvalue weighted by molar-refractivity contribution is -0.120. The topological polar surface area (TPSA) is 55.6 Å². The average molecular weight is 335 g/mol. The standard InChI is InChI=1S/C17H19ClN2O3/c1-9-8-20(14-7-5-6-13(18)16(14)22-9)17(21)10(2)15-11(3)19-23-12(15)4/h5-7,9-10H,8H2,1-4H3. The Morgan fingerprint density at radius 3 is 2.83 bits per heavy atom. The molecule has 1 amide bonds. The van der Waals surface area contributed by atoms with Crippen LogP contribution >= 0.6 is 11.6 Å². The average Bonchev–Trinajstić information content (AvgIpc) is 2.85. The van der Waals surface area contributed by atoms with Gasteiger partial charge in [-0.15, -0.1) is 0 Å². The number of amides is 1. The highest BCUT2D eigenvalue weighted by atomic mass is 35.5. The lowest BCUT2D eigenvalue weighted by atomic mass is 9.97. The molecule has 0 saturated carbocycles. The predicted molar refractivity (Wildman–Crippen MR) is 88.3 cm³/mol. The molecule has 122 valence electrons. The summed E-state index contributed by atoms with van der Waals surface area (Å²) in [6.45, 7) is 7.96. The third-order valence-electron chi connectivity index (χ3n) is 4.15. The molecule has 1 aliphatic rings. The van der Waals surface area contributed by atoms with Crippen molar-refractivity contribution >= 4 is 23.2 Å². The highest BCUT2D eigenvalue weighted by Gasteiger charge is 2.33. The number of hydrogen-bond donors (Lipinski definition) is 0. The van der Waals surface area contributed by atoms with Crippen LogP contribution in [0.25, 0.3) is 0 Å². The van der Waals surface area contributed by atoms with Crippen LogP contribution in [0.2, 0.25) is 5.02 Å². The van der Waals surface area contributed by atoms with Crippen LogP contribution in [0, 0.1) is 13.8 Å². The maximum absolute atomic E-state index is 13.1. The van der Waals surface area contributed by atoms with Crippen molar-refractivity contribution in [2.45, 2.75) is 39.7 Å². The van der Waals surface area contributed by atoms with Crippen LogP contribution in [0.15, 0.2) is 22.7 Å². The number of nitrogens with zero attached hydrogens (tertiary/aromatic N) is 2. The maximum Gasteiger partial charge on any atom is 0.234 e. The molecule has 1 aliphatic heterocycles. The fraction of sp³-hybridized carbons (Fsp3) is 0.412. The number of para-hydroxylation sites is 1. The molecule has 1 aromatic heterocycles. The molecule has 1 aromatic carbocycles. The summed E-state index contributed by atoms with van der Waals surface area (Å²) in [5, 5.41) is 4.46. The van der Waals surface area contributed by atoms with Crippen LogP contribution < -0.4 is 9.64 Å². The third kappa shape index (κ3) is 2.70. The van der Waals surface area contributed by atoms with Crippen LogP contribution in [0.1, 0.15) is 36.8 Å². The molecular formula is C17H19ClN2O3. The molecule has 5 nitrogen and oxygen atoms in total. The molecule has 2 heterocycles. The second-order valence-corrected chi connectivity index (χ2v) is 6.33. The zero-order chi connectivity index (χ0) is 16.7. The van der Waals surface area contributed by atoms with Crippen molar-refractivity contribution in [3.63, 3.8) is 0 Å². The lowest BCUT2D eigenvalue weighted by Gasteiger charge is -2.35. The van der Waals surface area contributed by atoms with Gasteiger partial charge in [-0.05, 0) is 39.8 Å². The second-order valence-electron chi connectivity index (χ2n) is 5.92. The number of aryl methyl sites for hydroxylation is 2. The number of halogens is 1. The van der Waals surface area contributed by atoms with Crippen molar-refractivity contribution in [1.82, 2.24) is 5.16 Å². The van der Waals surface area contributed by atoms with E-state index in [4.69, 9.17) is 20.9 Å². The molecule has 0 aliphatic carbocycles. The number of ether oxygens (including phenoxy) is 1. The van der Waals surface area contributed by atoms with Gasteiger partial charge in [0, 0.05) is 5.56 Å². The van der Waals surface area contributed by atoms with E-state index in [-0.39, 0.29) is 17.9 Å². The monoisotopic (exact) mass is 334 g/mol. The Kier molecular flexibility index (Phi) is 4.06. The Bertz CT molecular complexity index is 737. The molecular weight excluding hydrogens is 316 g/mol. The normalized spacial score (nSPS) is 18.3. The number of rotatable bonds is 2. The van der Waals surface area contributed by atoms with Crippen LogP contribution in [0.5, 0.6) is 5.75 Å². The van der Waals surface area contributed by atoms with Gasteiger partial charge in [0.15, 0.2) is 5.75 Å². The van der Waals surface area contributed by atoms with Gasteiger partial charge in [-0.25, -0.2) is 0 Å². The molecule has 6 heteroatoms. The quantitative estimate of drug-likeness (QED) is 0.836. The summed E-state index contributed by atoms with van der Waals surface area (Å²) in [5.74, 6) is 0.875. The van der Waals surface area contributed by atoms with Gasteiger partial charge in [-0.1, -0.05) is 22.8 Å². The fourth-order valence-corrected chi connectivity index (χ4v) is 3.31. The van der Waals surface area contributed by atoms with E-state index in [0.29, 0.717) is 28.8 Å². The summed E-state index contributed by atoms with van der Waals surface area (Å²) in [4.78, 5) is 14.8. The van der Waals surface area contributed by atoms with E-state index in [2.05, 4.69) is 5.16 Å². The van der Waals surface area contributed by atoms with Gasteiger partial charge < -0.3 is 14.2 Å². The summed E-state index contributed by atoms with van der Waals surface area (Å²) in [7, 11) is 0. The Hall–Kier alpha value is -2.01. The van der Waals surface area contributed by atoms with Gasteiger partial charge in [-0.3, -0.25) is 4.79 Å². The number of aromatic nitrogens is 1. The number of carbonyl (C=O) groups excluding carboxylic acids is 1. The van der Waals surface area contributed by atoms with Gasteiger partial charge in [0.2, 0.25) is 5.91 Å². The van der Waals surface area contributed by atoms with E-state index >= 15 is 0 Å². The summed E-state index contributed by atoms with van der Waals surface area (Å²) in [6, 6.07) is 5.44. The largest absolute Gasteiger partial charge is 0.485 e. The number of hydrogen-bond acceptors (Lipinski definition) is 4. The van der Waals surface area contributed by atoms with Gasteiger partial charge in [0.1, 0.15) is 11.9 Å². The van der Waals surface area contributed by atoms with E-state index in [9.17, 15) is 4.79 Å². The number of carbonyl (C=O) groups is 1. The summed E-state index contributed by atoms with van der Waals surface area (Å²) >= 11 is 6.22. The summed E-state index contributed by atoms with van der Waals surface area (Å²) in [5.41, 5.74) is 2.30. The Labute approximate surface area is 140 Å². The Morgan fingerprint density at radius 1 is 1.43 bits per heavy atom. The number of benzene rings is 1. The molecule has 2 aromatic rings. The van der Waals surface area contributed by atoms with Gasteiger partial charge >= 0.3 is 0 Å². The molecule has 2 unspecified atom stereocenters. The minimum absolute atomic E-state index is 0.0157. The molecule has 0 fully saturated rings. The minimum Gasteiger partial charge on any atom is -0.485 e. The van der Waals surface area contributed by atoms with E-state index in [1.807, 2.05) is 39.8 Å². The first-order valence-corrected chi connectivity index (χ1v) is 7.97. The third-order valence-corrected chi connectivity index (χ3v) is 4.45. The Balaban J connectivity index is 1.99. The molecule has 0 N–H and O–H groups in total. The van der Waals surface area contributed by atoms with E-state index in [1.54, 1.807) is 11.0 Å². The van der Waals surface area contributed by atoms with Gasteiger partial charge in [-0.2, -0.15) is 0 Å². The SMILES string of the molecule is Cc1noc(C)c1C(C)C(=O)N1CC(C)Oc2c(Cl)cccc21. The van der Waals surface area contributed by atoms with Gasteiger partial charge in [0.05, 0.1) is 28.9 Å². The fourth-order valence-electron chi connectivity index (χ4n) is 3.09. The lowest BCUT2D eigenvalue weighted by Crippen LogP contribution is -2.44. The highest BCUT2D eigenvalue weighted by Crippen LogP contribution is 2.40. The molecule has 0 saturated heterocycles. The van der Waals surface area contributed by atoms with Crippen LogP contribution in [-0.4, -0.2) is 23.7 Å². The maximum atomic E-state index is 13.1. The Morgan fingerprint density at radius 2 is 2.17 bits per heavy atom. The molecule has 0 bridgehead atoms. The minimum atomic E-state index is -0.349. The first kappa shape index (κ1) is 15.9. The molecule has 2 atom stereocenters. The van der Waals surface area contributed by atoms with Crippen molar-refractivity contribution in [2.75, 3.05) is 11.4 Å². The van der Waals surface area contributed by atoms with Crippen molar-refractivity contribution in [3.8, 4) is 5.75 Å². The zero-order valence-corrected chi connectivity index (χ0v) is 14.3. The van der Waals surface area contributed by atoms with E-state index < -0.39 is 0 Å². The summed E-state index contributed by atoms with van der Waals surface area (Å²) < 4.78 is 11.0. The molecule has 0 radical (unpaired) electrons. The van der Waals surface area contributed by atoms with E-state index in [0.717, 1.165) is 11.3 Å². The van der Waals surface area contributed by atoms with Crippen LogP contribution in [-0.2, 0) is 4.79 Å². The zero-order valence-electron chi connectivity index (χ0n) is 13.6. The molecule has 3 rings (SSSR count). The molecule has 0 spiro atoms. The van der Waals surface area contributed by atoms with Crippen molar-refractivity contribution < 1.29 is 14.1 Å². The second kappa shape index (κ2) is 5.89. The highest BCUT2D eigenvalue weighted by molar-refractivity contribution is 6.32. The smallest absolute Gasteiger partial charge is 0.234 e.